The summed E-state index contributed by atoms with van der Waals surface area (Å²) in [5.41, 5.74) is -0.0296. The minimum Gasteiger partial charge on any atom is -0.308 e. The topological polar surface area (TPSA) is 52.6 Å². The highest BCUT2D eigenvalue weighted by molar-refractivity contribution is 7.93. The molecule has 4 nitrogen and oxygen atoms in total. The maximum absolute atomic E-state index is 12.0. The van der Waals surface area contributed by atoms with E-state index in [1.807, 2.05) is 20.8 Å². The summed E-state index contributed by atoms with van der Waals surface area (Å²) in [5.74, 6) is 0. The van der Waals surface area contributed by atoms with Gasteiger partial charge >= 0.3 is 7.60 Å². The second-order valence-corrected chi connectivity index (χ2v) is 8.72. The number of hydrogen-bond acceptors (Lipinski definition) is 4. The molecule has 0 aromatic rings. The van der Waals surface area contributed by atoms with Crippen LogP contribution in [0.15, 0.2) is 0 Å². The summed E-state index contributed by atoms with van der Waals surface area (Å²) in [5, 5.41) is 0. The molecule has 0 aliphatic rings. The van der Waals surface area contributed by atoms with E-state index >= 15 is 0 Å². The normalized spacial score (nSPS) is 15.3. The molecule has 1 atom stereocenters. The lowest BCUT2D eigenvalue weighted by Gasteiger charge is -2.22. The largest absolute Gasteiger partial charge is 0.343 e. The summed E-state index contributed by atoms with van der Waals surface area (Å²) in [6, 6.07) is 0. The summed E-state index contributed by atoms with van der Waals surface area (Å²) in [7, 11) is -4.39. The highest BCUT2D eigenvalue weighted by Gasteiger charge is 2.31. The molecule has 0 radical (unpaired) electrons. The first-order valence-electron chi connectivity index (χ1n) is 5.01. The van der Waals surface area contributed by atoms with Gasteiger partial charge in [0.15, 0.2) is 0 Å². The predicted molar refractivity (Wildman–Crippen MR) is 63.6 cm³/mol. The molecular weight excluding hydrogens is 235 g/mol. The Labute approximate surface area is 94.7 Å². The molecule has 92 valence electrons. The quantitative estimate of drug-likeness (QED) is 0.686. The van der Waals surface area contributed by atoms with Gasteiger partial charge < -0.3 is 9.05 Å². The summed E-state index contributed by atoms with van der Waals surface area (Å²) in [4.78, 5) is 0. The van der Waals surface area contributed by atoms with Crippen molar-refractivity contribution in [3.8, 4) is 0 Å². The van der Waals surface area contributed by atoms with Crippen molar-refractivity contribution >= 4 is 18.4 Å². The predicted octanol–water partition coefficient (Wildman–Crippen LogP) is 2.76. The van der Waals surface area contributed by atoms with E-state index < -0.39 is 23.1 Å². The number of rotatable bonds is 6. The van der Waals surface area contributed by atoms with Gasteiger partial charge in [-0.15, -0.1) is 0 Å². The molecule has 0 saturated carbocycles. The van der Waals surface area contributed by atoms with Gasteiger partial charge in [0.05, 0.1) is 13.2 Å². The fourth-order valence-corrected chi connectivity index (χ4v) is 5.00. The van der Waals surface area contributed by atoms with Crippen molar-refractivity contribution in [2.24, 2.45) is 0 Å². The van der Waals surface area contributed by atoms with Crippen LogP contribution in [0.4, 0.5) is 0 Å². The summed E-state index contributed by atoms with van der Waals surface area (Å²) in [6.07, 6.45) is 0. The van der Waals surface area contributed by atoms with E-state index in [-0.39, 0.29) is 5.49 Å². The standard InChI is InChI=1S/C9H21O4PS/c1-6-12-14(10,13-7-2)8-15(11)9(3,4)5/h6-8H2,1-5H3. The Morgan fingerprint density at radius 1 is 1.13 bits per heavy atom. The van der Waals surface area contributed by atoms with Crippen LogP contribution in [0.2, 0.25) is 0 Å². The Hall–Kier alpha value is 0.300. The second-order valence-electron chi connectivity index (χ2n) is 4.03. The molecule has 0 saturated heterocycles. The van der Waals surface area contributed by atoms with Gasteiger partial charge in [-0.05, 0) is 34.6 Å². The molecule has 6 heteroatoms. The van der Waals surface area contributed by atoms with Crippen molar-refractivity contribution in [1.82, 2.24) is 0 Å². The summed E-state index contributed by atoms with van der Waals surface area (Å²) >= 11 is 0. The zero-order valence-electron chi connectivity index (χ0n) is 10.1. The molecule has 1 unspecified atom stereocenters. The molecule has 0 amide bonds. The SMILES string of the molecule is CCOP(=O)(CS(=O)C(C)(C)C)OCC. The first kappa shape index (κ1) is 15.3. The van der Waals surface area contributed by atoms with Gasteiger partial charge in [0.25, 0.3) is 0 Å². The van der Waals surface area contributed by atoms with Crippen LogP contribution < -0.4 is 0 Å². The van der Waals surface area contributed by atoms with Crippen molar-refractivity contribution < 1.29 is 17.8 Å². The van der Waals surface area contributed by atoms with E-state index in [2.05, 4.69) is 0 Å². The molecule has 0 rings (SSSR count). The lowest BCUT2D eigenvalue weighted by atomic mass is 10.3. The average Bonchev–Trinajstić information content (AvgIpc) is 2.02. The van der Waals surface area contributed by atoms with Crippen molar-refractivity contribution in [2.75, 3.05) is 18.7 Å². The molecule has 0 aliphatic heterocycles. The van der Waals surface area contributed by atoms with Crippen LogP contribution in [-0.2, 0) is 24.4 Å². The lowest BCUT2D eigenvalue weighted by molar-refractivity contribution is 0.224. The van der Waals surface area contributed by atoms with Gasteiger partial charge in [-0.1, -0.05) is 0 Å². The monoisotopic (exact) mass is 256 g/mol. The Bertz CT molecular complexity index is 249. The first-order valence-corrected chi connectivity index (χ1v) is 8.06. The van der Waals surface area contributed by atoms with Gasteiger partial charge in [0, 0.05) is 15.5 Å². The molecule has 0 fully saturated rings. The van der Waals surface area contributed by atoms with Gasteiger partial charge in [-0.25, -0.2) is 0 Å². The third kappa shape index (κ3) is 5.81. The highest BCUT2D eigenvalue weighted by Crippen LogP contribution is 2.49. The lowest BCUT2D eigenvalue weighted by Crippen LogP contribution is -2.24. The smallest absolute Gasteiger partial charge is 0.308 e. The second kappa shape index (κ2) is 6.14. The zero-order chi connectivity index (χ0) is 12.1. The third-order valence-corrected chi connectivity index (χ3v) is 6.48. The van der Waals surface area contributed by atoms with E-state index in [1.165, 1.54) is 0 Å². The molecule has 0 aromatic heterocycles. The Kier molecular flexibility index (Phi) is 6.26. The first-order chi connectivity index (χ1) is 6.75. The maximum Gasteiger partial charge on any atom is 0.343 e. The van der Waals surface area contributed by atoms with Crippen LogP contribution in [0.1, 0.15) is 34.6 Å². The molecule has 0 aliphatic carbocycles. The van der Waals surface area contributed by atoms with Crippen LogP contribution in [0.25, 0.3) is 0 Å². The van der Waals surface area contributed by atoms with Gasteiger partial charge in [0.2, 0.25) is 0 Å². The van der Waals surface area contributed by atoms with Crippen molar-refractivity contribution in [3.05, 3.63) is 0 Å². The van der Waals surface area contributed by atoms with Gasteiger partial charge in [-0.2, -0.15) is 0 Å². The Balaban J connectivity index is 4.55. The Morgan fingerprint density at radius 2 is 1.53 bits per heavy atom. The minimum absolute atomic E-state index is 0.0296. The zero-order valence-corrected chi connectivity index (χ0v) is 11.8. The van der Waals surface area contributed by atoms with Crippen LogP contribution in [0.3, 0.4) is 0 Å². The Morgan fingerprint density at radius 3 is 1.80 bits per heavy atom. The molecule has 0 spiro atoms. The van der Waals surface area contributed by atoms with E-state index in [4.69, 9.17) is 9.05 Å². The molecular formula is C9H21O4PS. The molecule has 0 aromatic carbocycles. The van der Waals surface area contributed by atoms with Crippen LogP contribution in [-0.4, -0.2) is 27.7 Å². The third-order valence-electron chi connectivity index (χ3n) is 1.61. The van der Waals surface area contributed by atoms with Crippen molar-refractivity contribution in [2.45, 2.75) is 39.4 Å². The van der Waals surface area contributed by atoms with Gasteiger partial charge in [-0.3, -0.25) is 8.77 Å². The highest BCUT2D eigenvalue weighted by atomic mass is 32.2. The molecule has 0 bridgehead atoms. The molecule has 0 N–H and O–H groups in total. The van der Waals surface area contributed by atoms with Crippen LogP contribution in [0.5, 0.6) is 0 Å². The summed E-state index contributed by atoms with van der Waals surface area (Å²) in [6.45, 7) is 9.61. The molecule has 0 heterocycles. The fraction of sp³-hybridized carbons (Fsp3) is 1.00. The fourth-order valence-electron chi connectivity index (χ4n) is 0.842. The number of hydrogen-bond donors (Lipinski definition) is 0. The average molecular weight is 256 g/mol. The molecule has 15 heavy (non-hydrogen) atoms. The van der Waals surface area contributed by atoms with Crippen LogP contribution in [0, 0.1) is 0 Å². The van der Waals surface area contributed by atoms with Gasteiger partial charge in [0.1, 0.15) is 5.49 Å². The minimum atomic E-state index is -3.17. The van der Waals surface area contributed by atoms with Crippen LogP contribution >= 0.6 is 7.60 Å². The maximum atomic E-state index is 12.0. The summed E-state index contributed by atoms with van der Waals surface area (Å²) < 4.78 is 33.6. The van der Waals surface area contributed by atoms with E-state index in [0.29, 0.717) is 13.2 Å². The van der Waals surface area contributed by atoms with Crippen molar-refractivity contribution in [3.63, 3.8) is 0 Å². The van der Waals surface area contributed by atoms with E-state index in [9.17, 15) is 8.77 Å². The van der Waals surface area contributed by atoms with Crippen molar-refractivity contribution in [1.29, 1.82) is 0 Å². The van der Waals surface area contributed by atoms with E-state index in [1.54, 1.807) is 13.8 Å². The van der Waals surface area contributed by atoms with E-state index in [0.717, 1.165) is 0 Å².